The van der Waals surface area contributed by atoms with E-state index in [2.05, 4.69) is 209 Å². The zero-order valence-corrected chi connectivity index (χ0v) is 43.7. The van der Waals surface area contributed by atoms with E-state index in [1.807, 2.05) is 0 Å². The summed E-state index contributed by atoms with van der Waals surface area (Å²) in [5.41, 5.74) is 18.7. The Kier molecular flexibility index (Phi) is 10.7. The van der Waals surface area contributed by atoms with Crippen molar-refractivity contribution in [2.45, 2.75) is 117 Å². The van der Waals surface area contributed by atoms with Crippen molar-refractivity contribution < 1.29 is 8.83 Å². The summed E-state index contributed by atoms with van der Waals surface area (Å²) in [6, 6.07) is 60.0. The summed E-state index contributed by atoms with van der Waals surface area (Å²) < 4.78 is 14.3. The highest BCUT2D eigenvalue weighted by atomic mass is 16.3. The third kappa shape index (κ3) is 7.00. The second-order valence-corrected chi connectivity index (χ2v) is 22.6. The lowest BCUT2D eigenvalue weighted by Crippen LogP contribution is -2.16. The molecule has 4 heteroatoms. The second-order valence-electron chi connectivity index (χ2n) is 22.6. The van der Waals surface area contributed by atoms with Gasteiger partial charge in [-0.1, -0.05) is 163 Å². The van der Waals surface area contributed by atoms with Gasteiger partial charge in [0, 0.05) is 43.7 Å². The van der Waals surface area contributed by atoms with Gasteiger partial charge < -0.3 is 18.6 Å². The number of hydrogen-bond acceptors (Lipinski definition) is 4. The molecule has 2 fully saturated rings. The quantitative estimate of drug-likeness (QED) is 0.128. The first-order valence-corrected chi connectivity index (χ1v) is 27.6. The van der Waals surface area contributed by atoms with Crippen LogP contribution in [0.25, 0.3) is 76.2 Å². The van der Waals surface area contributed by atoms with Crippen molar-refractivity contribution in [2.24, 2.45) is 0 Å². The molecule has 0 N–H and O–H groups in total. The fraction of sp³-hybridized carbons (Fsp3) is 0.257. The second kappa shape index (κ2) is 17.5. The average Bonchev–Trinajstić information content (AvgIpc) is 4.32. The number of nitrogens with zero attached hydrogens (tertiary/aromatic N) is 2. The molecular formula is C70H64N2O2. The molecule has 0 atom stereocenters. The number of benzene rings is 10. The van der Waals surface area contributed by atoms with Crippen molar-refractivity contribution >= 4 is 110 Å². The van der Waals surface area contributed by atoms with Gasteiger partial charge in [-0.05, 0) is 167 Å². The molecule has 2 aliphatic rings. The zero-order chi connectivity index (χ0) is 49.9. The maximum atomic E-state index is 7.16. The molecule has 366 valence electrons. The number of anilines is 6. The lowest BCUT2D eigenvalue weighted by atomic mass is 9.83. The van der Waals surface area contributed by atoms with Gasteiger partial charge in [0.2, 0.25) is 0 Å². The van der Waals surface area contributed by atoms with E-state index in [0.29, 0.717) is 11.8 Å². The van der Waals surface area contributed by atoms with Crippen LogP contribution >= 0.6 is 0 Å². The largest absolute Gasteiger partial charge is 0.454 e. The Hall–Kier alpha value is -7.56. The Balaban J connectivity index is 1.13. The van der Waals surface area contributed by atoms with Crippen LogP contribution in [-0.2, 0) is 0 Å². The molecule has 74 heavy (non-hydrogen) atoms. The molecular weight excluding hydrogens is 901 g/mol. The van der Waals surface area contributed by atoms with Crippen LogP contribution in [0.5, 0.6) is 0 Å². The van der Waals surface area contributed by atoms with Gasteiger partial charge >= 0.3 is 0 Å². The minimum atomic E-state index is 0.251. The zero-order valence-electron chi connectivity index (χ0n) is 43.7. The average molecular weight is 965 g/mol. The molecule has 2 aromatic heterocycles. The summed E-state index contributed by atoms with van der Waals surface area (Å²) in [5.74, 6) is 1.38. The van der Waals surface area contributed by atoms with E-state index in [9.17, 15) is 0 Å². The molecule has 0 saturated heterocycles. The number of fused-ring (bicyclic) bond motifs is 6. The van der Waals surface area contributed by atoms with Crippen molar-refractivity contribution in [3.8, 4) is 0 Å². The van der Waals surface area contributed by atoms with Crippen molar-refractivity contribution in [2.75, 3.05) is 9.80 Å². The maximum absolute atomic E-state index is 7.16. The Bertz CT molecular complexity index is 3890. The first kappa shape index (κ1) is 45.1. The Morgan fingerprint density at radius 3 is 1.19 bits per heavy atom. The highest BCUT2D eigenvalue weighted by molar-refractivity contribution is 6.30. The minimum absolute atomic E-state index is 0.251. The first-order valence-electron chi connectivity index (χ1n) is 27.6. The van der Waals surface area contributed by atoms with Crippen molar-refractivity contribution in [1.82, 2.24) is 0 Å². The summed E-state index contributed by atoms with van der Waals surface area (Å²) in [4.78, 5) is 5.23. The molecule has 10 aromatic carbocycles. The molecule has 0 spiro atoms. The van der Waals surface area contributed by atoms with E-state index in [1.54, 1.807) is 0 Å². The van der Waals surface area contributed by atoms with Gasteiger partial charge in [-0.2, -0.15) is 0 Å². The van der Waals surface area contributed by atoms with Gasteiger partial charge in [0.1, 0.15) is 11.2 Å². The van der Waals surface area contributed by atoms with Crippen LogP contribution in [0.1, 0.15) is 136 Å². The van der Waals surface area contributed by atoms with E-state index < -0.39 is 0 Å². The number of hydrogen-bond donors (Lipinski definition) is 0. The standard InChI is InChI=1S/C70H64N2O2/c1-41(2)59-39-61(71(47-23-15-17-43(5)37-47)67-49(45-19-7-8-20-45)29-33-55-51-25-11-13-27-63(51)73-69(55)67)57-36-32-54-60(42(3)4)40-62(58-35-31-53(59)65(57)66(54)58)72(48-24-16-18-44(6)38-48)68-50(46-21-9-10-22-46)30-34-56-52-26-12-14-28-64(52)74-70(56)68/h11-18,23-42,45-46H,7-10,19-22H2,1-6H3. The normalized spacial score (nSPS) is 14.9. The fourth-order valence-electron chi connectivity index (χ4n) is 13.8. The summed E-state index contributed by atoms with van der Waals surface area (Å²) in [6.07, 6.45) is 9.70. The van der Waals surface area contributed by atoms with Gasteiger partial charge in [-0.15, -0.1) is 0 Å². The van der Waals surface area contributed by atoms with Crippen molar-refractivity contribution in [1.29, 1.82) is 0 Å². The third-order valence-corrected chi connectivity index (χ3v) is 17.3. The van der Waals surface area contributed by atoms with E-state index >= 15 is 0 Å². The fourth-order valence-corrected chi connectivity index (χ4v) is 13.8. The molecule has 0 bridgehead atoms. The molecule has 0 amide bonds. The van der Waals surface area contributed by atoms with E-state index in [4.69, 9.17) is 8.83 Å². The van der Waals surface area contributed by atoms with E-state index in [1.165, 1.54) is 140 Å². The Morgan fingerprint density at radius 1 is 0.392 bits per heavy atom. The van der Waals surface area contributed by atoms with Gasteiger partial charge in [-0.3, -0.25) is 0 Å². The molecule has 0 aliphatic heterocycles. The number of rotatable bonds is 10. The number of para-hydroxylation sites is 2. The van der Waals surface area contributed by atoms with Crippen molar-refractivity contribution in [3.63, 3.8) is 0 Å². The Labute approximate surface area is 434 Å². The third-order valence-electron chi connectivity index (χ3n) is 17.3. The topological polar surface area (TPSA) is 32.8 Å². The van der Waals surface area contributed by atoms with Gasteiger partial charge in [0.05, 0.1) is 22.7 Å². The lowest BCUT2D eigenvalue weighted by Gasteiger charge is -2.33. The Morgan fingerprint density at radius 2 is 0.784 bits per heavy atom. The van der Waals surface area contributed by atoms with Crippen LogP contribution in [0.3, 0.4) is 0 Å². The summed E-state index contributed by atoms with van der Waals surface area (Å²) in [5, 5.41) is 12.4. The summed E-state index contributed by atoms with van der Waals surface area (Å²) >= 11 is 0. The van der Waals surface area contributed by atoms with Crippen molar-refractivity contribution in [3.05, 3.63) is 191 Å². The predicted octanol–water partition coefficient (Wildman–Crippen LogP) is 21.5. The predicted molar refractivity (Wildman–Crippen MR) is 314 cm³/mol. The van der Waals surface area contributed by atoms with Gasteiger partial charge in [-0.25, -0.2) is 0 Å². The van der Waals surface area contributed by atoms with E-state index in [-0.39, 0.29) is 11.8 Å². The smallest absolute Gasteiger partial charge is 0.159 e. The maximum Gasteiger partial charge on any atom is 0.159 e. The molecule has 12 aromatic rings. The minimum Gasteiger partial charge on any atom is -0.454 e. The molecule has 4 nitrogen and oxygen atoms in total. The molecule has 2 aliphatic carbocycles. The molecule has 2 heterocycles. The van der Waals surface area contributed by atoms with Crippen LogP contribution < -0.4 is 9.80 Å². The highest BCUT2D eigenvalue weighted by Crippen LogP contribution is 2.56. The highest BCUT2D eigenvalue weighted by Gasteiger charge is 2.34. The lowest BCUT2D eigenvalue weighted by molar-refractivity contribution is 0.664. The monoisotopic (exact) mass is 964 g/mol. The van der Waals surface area contributed by atoms with Crippen LogP contribution in [-0.4, -0.2) is 0 Å². The summed E-state index contributed by atoms with van der Waals surface area (Å²) in [7, 11) is 0. The first-order chi connectivity index (χ1) is 36.2. The molecule has 14 rings (SSSR count). The molecule has 0 unspecified atom stereocenters. The van der Waals surface area contributed by atoms with Crippen LogP contribution in [0.15, 0.2) is 167 Å². The van der Waals surface area contributed by atoms with Gasteiger partial charge in [0.15, 0.2) is 11.2 Å². The van der Waals surface area contributed by atoms with E-state index in [0.717, 1.165) is 55.3 Å². The van der Waals surface area contributed by atoms with Crippen LogP contribution in [0.2, 0.25) is 0 Å². The van der Waals surface area contributed by atoms with Crippen LogP contribution in [0.4, 0.5) is 34.1 Å². The summed E-state index contributed by atoms with van der Waals surface area (Å²) in [6.45, 7) is 14.0. The number of furan rings is 2. The molecule has 2 saturated carbocycles. The SMILES string of the molecule is Cc1cccc(N(c2cc(C(C)C)c3ccc4c(N(c5cccc(C)c5)c5c(C6CCCC6)ccc6c5oc5ccccc56)cc(C(C)C)c5ccc2c3c54)c2c(C3CCCC3)ccc3c2oc2ccccc23)c1. The molecule has 0 radical (unpaired) electrons. The number of aryl methyl sites for hydroxylation is 2. The van der Waals surface area contributed by atoms with Crippen LogP contribution in [0, 0.1) is 13.8 Å². The van der Waals surface area contributed by atoms with Gasteiger partial charge in [0.25, 0.3) is 0 Å².